The van der Waals surface area contributed by atoms with E-state index in [0.29, 0.717) is 6.04 Å². The SMILES string of the molecule is Cc1cc(=S)n(C(C)C)c2ccccc12. The molecule has 1 heterocycles. The van der Waals surface area contributed by atoms with E-state index in [1.54, 1.807) is 0 Å². The second-order valence-electron chi connectivity index (χ2n) is 4.15. The van der Waals surface area contributed by atoms with Gasteiger partial charge in [0.05, 0.1) is 0 Å². The van der Waals surface area contributed by atoms with Crippen LogP contribution in [0.1, 0.15) is 25.5 Å². The molecule has 1 aromatic heterocycles. The third kappa shape index (κ3) is 1.70. The summed E-state index contributed by atoms with van der Waals surface area (Å²) in [7, 11) is 0. The van der Waals surface area contributed by atoms with Crippen molar-refractivity contribution in [1.29, 1.82) is 0 Å². The zero-order valence-electron chi connectivity index (χ0n) is 9.32. The molecule has 0 radical (unpaired) electrons. The normalized spacial score (nSPS) is 11.2. The van der Waals surface area contributed by atoms with Crippen molar-refractivity contribution < 1.29 is 0 Å². The number of nitrogens with zero attached hydrogens (tertiary/aromatic N) is 1. The number of hydrogen-bond donors (Lipinski definition) is 0. The molecule has 0 saturated heterocycles. The average molecular weight is 217 g/mol. The molecule has 0 saturated carbocycles. The first kappa shape index (κ1) is 10.4. The summed E-state index contributed by atoms with van der Waals surface area (Å²) in [4.78, 5) is 0. The monoisotopic (exact) mass is 217 g/mol. The lowest BCUT2D eigenvalue weighted by Gasteiger charge is -2.16. The minimum Gasteiger partial charge on any atom is -0.330 e. The topological polar surface area (TPSA) is 4.93 Å². The maximum atomic E-state index is 5.41. The molecule has 2 aromatic rings. The van der Waals surface area contributed by atoms with Crippen LogP contribution in [0.4, 0.5) is 0 Å². The van der Waals surface area contributed by atoms with E-state index in [1.807, 2.05) is 0 Å². The van der Waals surface area contributed by atoms with Gasteiger partial charge in [-0.15, -0.1) is 0 Å². The van der Waals surface area contributed by atoms with Gasteiger partial charge in [0.2, 0.25) is 0 Å². The molecule has 0 atom stereocenters. The highest BCUT2D eigenvalue weighted by atomic mass is 32.1. The maximum Gasteiger partial charge on any atom is 0.106 e. The Morgan fingerprint density at radius 2 is 1.87 bits per heavy atom. The Kier molecular flexibility index (Phi) is 2.61. The van der Waals surface area contributed by atoms with Gasteiger partial charge < -0.3 is 4.57 Å². The van der Waals surface area contributed by atoms with Gasteiger partial charge in [-0.05, 0) is 38.5 Å². The zero-order valence-corrected chi connectivity index (χ0v) is 10.1. The number of hydrogen-bond acceptors (Lipinski definition) is 1. The molecule has 1 aromatic carbocycles. The largest absolute Gasteiger partial charge is 0.330 e. The smallest absolute Gasteiger partial charge is 0.106 e. The number of pyridine rings is 1. The van der Waals surface area contributed by atoms with E-state index in [2.05, 4.69) is 55.7 Å². The van der Waals surface area contributed by atoms with Crippen LogP contribution in [0.5, 0.6) is 0 Å². The molecule has 0 spiro atoms. The van der Waals surface area contributed by atoms with E-state index in [0.717, 1.165) is 4.64 Å². The number of para-hydroxylation sites is 1. The number of aromatic nitrogens is 1. The molecule has 0 bridgehead atoms. The zero-order chi connectivity index (χ0) is 11.0. The summed E-state index contributed by atoms with van der Waals surface area (Å²) in [6.45, 7) is 6.44. The van der Waals surface area contributed by atoms with Gasteiger partial charge in [0.15, 0.2) is 0 Å². The summed E-state index contributed by atoms with van der Waals surface area (Å²) >= 11 is 5.41. The molecule has 0 aliphatic heterocycles. The van der Waals surface area contributed by atoms with Gasteiger partial charge in [-0.25, -0.2) is 0 Å². The Hall–Kier alpha value is -1.15. The van der Waals surface area contributed by atoms with Gasteiger partial charge in [-0.1, -0.05) is 30.4 Å². The lowest BCUT2D eigenvalue weighted by atomic mass is 10.1. The summed E-state index contributed by atoms with van der Waals surface area (Å²) in [5.41, 5.74) is 2.49. The highest BCUT2D eigenvalue weighted by molar-refractivity contribution is 7.71. The number of fused-ring (bicyclic) bond motifs is 1. The molecule has 2 rings (SSSR count). The quantitative estimate of drug-likeness (QED) is 0.646. The predicted octanol–water partition coefficient (Wildman–Crippen LogP) is 4.26. The molecular formula is C13H15NS. The first-order valence-electron chi connectivity index (χ1n) is 5.22. The van der Waals surface area contributed by atoms with Crippen LogP contribution in [0.15, 0.2) is 30.3 Å². The Labute approximate surface area is 95.4 Å². The molecule has 0 N–H and O–H groups in total. The molecule has 0 aliphatic rings. The van der Waals surface area contributed by atoms with E-state index < -0.39 is 0 Å². The van der Waals surface area contributed by atoms with Crippen molar-refractivity contribution in [3.8, 4) is 0 Å². The fraction of sp³-hybridized carbons (Fsp3) is 0.308. The lowest BCUT2D eigenvalue weighted by molar-refractivity contribution is 0.611. The Morgan fingerprint density at radius 3 is 2.53 bits per heavy atom. The molecule has 0 aliphatic carbocycles. The standard InChI is InChI=1S/C13H15NS/c1-9(2)14-12-7-5-4-6-11(12)10(3)8-13(14)15/h4-9H,1-3H3. The highest BCUT2D eigenvalue weighted by Crippen LogP contribution is 2.22. The Balaban J connectivity index is 2.96. The molecule has 15 heavy (non-hydrogen) atoms. The van der Waals surface area contributed by atoms with Crippen LogP contribution >= 0.6 is 12.2 Å². The van der Waals surface area contributed by atoms with E-state index in [9.17, 15) is 0 Å². The molecule has 78 valence electrons. The second kappa shape index (κ2) is 3.78. The maximum absolute atomic E-state index is 5.41. The van der Waals surface area contributed by atoms with Crippen molar-refractivity contribution in [1.82, 2.24) is 4.57 Å². The summed E-state index contributed by atoms with van der Waals surface area (Å²) in [6.07, 6.45) is 0. The predicted molar refractivity (Wildman–Crippen MR) is 67.9 cm³/mol. The molecule has 0 unspecified atom stereocenters. The third-order valence-electron chi connectivity index (χ3n) is 2.68. The van der Waals surface area contributed by atoms with E-state index in [-0.39, 0.29) is 0 Å². The molecule has 0 fully saturated rings. The second-order valence-corrected chi connectivity index (χ2v) is 4.56. The summed E-state index contributed by atoms with van der Waals surface area (Å²) < 4.78 is 3.12. The van der Waals surface area contributed by atoms with Gasteiger partial charge in [-0.2, -0.15) is 0 Å². The van der Waals surface area contributed by atoms with E-state index in [1.165, 1.54) is 16.5 Å². The van der Waals surface area contributed by atoms with Crippen LogP contribution in [0.3, 0.4) is 0 Å². The van der Waals surface area contributed by atoms with Crippen LogP contribution in [0.2, 0.25) is 0 Å². The minimum atomic E-state index is 0.406. The van der Waals surface area contributed by atoms with Gasteiger partial charge in [-0.3, -0.25) is 0 Å². The average Bonchev–Trinajstić information content (AvgIpc) is 2.17. The van der Waals surface area contributed by atoms with Crippen LogP contribution < -0.4 is 0 Å². The van der Waals surface area contributed by atoms with Crippen LogP contribution in [-0.4, -0.2) is 4.57 Å². The number of rotatable bonds is 1. The van der Waals surface area contributed by atoms with Crippen molar-refractivity contribution in [3.63, 3.8) is 0 Å². The first-order chi connectivity index (χ1) is 7.11. The lowest BCUT2D eigenvalue weighted by Crippen LogP contribution is -2.05. The van der Waals surface area contributed by atoms with Gasteiger partial charge in [0.1, 0.15) is 4.64 Å². The number of aryl methyl sites for hydroxylation is 1. The summed E-state index contributed by atoms with van der Waals surface area (Å²) in [6, 6.07) is 10.9. The summed E-state index contributed by atoms with van der Waals surface area (Å²) in [5.74, 6) is 0. The fourth-order valence-electron chi connectivity index (χ4n) is 2.00. The van der Waals surface area contributed by atoms with Crippen LogP contribution in [-0.2, 0) is 0 Å². The fourth-order valence-corrected chi connectivity index (χ4v) is 2.49. The van der Waals surface area contributed by atoms with Crippen molar-refractivity contribution in [2.24, 2.45) is 0 Å². The minimum absolute atomic E-state index is 0.406. The van der Waals surface area contributed by atoms with Gasteiger partial charge in [0.25, 0.3) is 0 Å². The molecule has 0 amide bonds. The van der Waals surface area contributed by atoms with Crippen molar-refractivity contribution >= 4 is 23.1 Å². The Bertz CT molecular complexity index is 552. The highest BCUT2D eigenvalue weighted by Gasteiger charge is 2.05. The third-order valence-corrected chi connectivity index (χ3v) is 3.00. The molecule has 1 nitrogen and oxygen atoms in total. The van der Waals surface area contributed by atoms with Gasteiger partial charge in [0, 0.05) is 16.9 Å². The van der Waals surface area contributed by atoms with Crippen molar-refractivity contribution in [3.05, 3.63) is 40.5 Å². The molecular weight excluding hydrogens is 202 g/mol. The van der Waals surface area contributed by atoms with Crippen molar-refractivity contribution in [2.45, 2.75) is 26.8 Å². The molecule has 2 heteroatoms. The summed E-state index contributed by atoms with van der Waals surface area (Å²) in [5, 5.41) is 1.29. The van der Waals surface area contributed by atoms with Gasteiger partial charge >= 0.3 is 0 Å². The van der Waals surface area contributed by atoms with Crippen LogP contribution in [0.25, 0.3) is 10.9 Å². The first-order valence-corrected chi connectivity index (χ1v) is 5.63. The van der Waals surface area contributed by atoms with E-state index >= 15 is 0 Å². The van der Waals surface area contributed by atoms with E-state index in [4.69, 9.17) is 12.2 Å². The number of benzene rings is 1. The van der Waals surface area contributed by atoms with Crippen LogP contribution in [0, 0.1) is 11.6 Å². The Morgan fingerprint density at radius 1 is 1.20 bits per heavy atom. The van der Waals surface area contributed by atoms with Crippen molar-refractivity contribution in [2.75, 3.05) is 0 Å².